The Labute approximate surface area is 223 Å². The van der Waals surface area contributed by atoms with E-state index in [4.69, 9.17) is 9.47 Å². The molecular formula is C28H39N5O5. The summed E-state index contributed by atoms with van der Waals surface area (Å²) in [5.74, 6) is -0.387. The van der Waals surface area contributed by atoms with Crippen molar-refractivity contribution in [2.45, 2.75) is 79.2 Å². The van der Waals surface area contributed by atoms with E-state index in [1.54, 1.807) is 24.3 Å². The number of ether oxygens (including phenoxy) is 2. The highest BCUT2D eigenvalue weighted by molar-refractivity contribution is 5.97. The maximum Gasteiger partial charge on any atom is 0.337 e. The standard InChI is InChI=1S/C28H39N5O5/c1-6-7-17-38-26-31-23(29-21(34)11-9-8-10-16-28(2,3)4)22-24(32-26)33(27(36)30-22)18-19-12-14-20(15-13-19)25(35)37-5/h12-15H,6-11,16-18H2,1-5H3,(H,30,36)(H,29,31,32,34). The van der Waals surface area contributed by atoms with Crippen LogP contribution in [-0.4, -0.2) is 45.1 Å². The van der Waals surface area contributed by atoms with Crippen molar-refractivity contribution in [2.24, 2.45) is 5.41 Å². The van der Waals surface area contributed by atoms with Crippen LogP contribution in [-0.2, 0) is 16.1 Å². The summed E-state index contributed by atoms with van der Waals surface area (Å²) in [6.07, 6.45) is 6.05. The third kappa shape index (κ3) is 8.16. The summed E-state index contributed by atoms with van der Waals surface area (Å²) in [5.41, 5.74) is 1.76. The van der Waals surface area contributed by atoms with E-state index in [0.717, 1.165) is 44.1 Å². The molecule has 10 nitrogen and oxygen atoms in total. The summed E-state index contributed by atoms with van der Waals surface area (Å²) >= 11 is 0. The number of carbonyl (C=O) groups is 2. The first-order valence-corrected chi connectivity index (χ1v) is 13.2. The number of aromatic amines is 1. The van der Waals surface area contributed by atoms with Gasteiger partial charge in [-0.05, 0) is 42.4 Å². The molecule has 38 heavy (non-hydrogen) atoms. The van der Waals surface area contributed by atoms with E-state index in [1.807, 2.05) is 0 Å². The number of rotatable bonds is 13. The second-order valence-electron chi connectivity index (χ2n) is 10.6. The lowest BCUT2D eigenvalue weighted by Gasteiger charge is -2.17. The minimum atomic E-state index is -0.433. The van der Waals surface area contributed by atoms with Crippen LogP contribution in [0.15, 0.2) is 29.1 Å². The first-order chi connectivity index (χ1) is 18.1. The zero-order valence-corrected chi connectivity index (χ0v) is 23.1. The maximum absolute atomic E-state index is 12.9. The van der Waals surface area contributed by atoms with Gasteiger partial charge in [0.1, 0.15) is 5.52 Å². The van der Waals surface area contributed by atoms with E-state index in [0.29, 0.717) is 29.8 Å². The molecule has 2 heterocycles. The van der Waals surface area contributed by atoms with Crippen molar-refractivity contribution in [3.05, 3.63) is 45.9 Å². The molecule has 1 aromatic carbocycles. The third-order valence-electron chi connectivity index (χ3n) is 6.14. The lowest BCUT2D eigenvalue weighted by molar-refractivity contribution is -0.116. The molecule has 0 fully saturated rings. The topological polar surface area (TPSA) is 128 Å². The molecule has 2 aromatic heterocycles. The van der Waals surface area contributed by atoms with Crippen LogP contribution in [0.25, 0.3) is 11.2 Å². The van der Waals surface area contributed by atoms with E-state index in [9.17, 15) is 14.4 Å². The largest absolute Gasteiger partial charge is 0.465 e. The molecule has 0 atom stereocenters. The van der Waals surface area contributed by atoms with Crippen LogP contribution in [0.2, 0.25) is 0 Å². The van der Waals surface area contributed by atoms with Gasteiger partial charge in [-0.3, -0.25) is 9.36 Å². The maximum atomic E-state index is 12.9. The summed E-state index contributed by atoms with van der Waals surface area (Å²) in [4.78, 5) is 49.0. The highest BCUT2D eigenvalue weighted by Crippen LogP contribution is 2.24. The van der Waals surface area contributed by atoms with Crippen LogP contribution in [0.5, 0.6) is 6.01 Å². The highest BCUT2D eigenvalue weighted by Gasteiger charge is 2.19. The fourth-order valence-electron chi connectivity index (χ4n) is 3.98. The average molecular weight is 526 g/mol. The lowest BCUT2D eigenvalue weighted by atomic mass is 9.89. The van der Waals surface area contributed by atoms with Gasteiger partial charge in [-0.2, -0.15) is 9.97 Å². The number of fused-ring (bicyclic) bond motifs is 1. The van der Waals surface area contributed by atoms with Gasteiger partial charge in [0.25, 0.3) is 0 Å². The molecule has 0 saturated heterocycles. The number of amides is 1. The van der Waals surface area contributed by atoms with Gasteiger partial charge in [-0.25, -0.2) is 9.59 Å². The first kappa shape index (κ1) is 28.9. The molecule has 1 amide bonds. The van der Waals surface area contributed by atoms with Gasteiger partial charge in [-0.15, -0.1) is 0 Å². The lowest BCUT2D eigenvalue weighted by Crippen LogP contribution is -2.18. The molecule has 2 N–H and O–H groups in total. The zero-order valence-electron chi connectivity index (χ0n) is 23.1. The smallest absolute Gasteiger partial charge is 0.337 e. The van der Waals surface area contributed by atoms with Gasteiger partial charge in [0.2, 0.25) is 5.91 Å². The molecule has 0 aliphatic rings. The SMILES string of the molecule is CCCCOc1nc(NC(=O)CCCCCC(C)(C)C)c2[nH]c(=O)n(Cc3ccc(C(=O)OC)cc3)c2n1. The number of carbonyl (C=O) groups excluding carboxylic acids is 2. The Kier molecular flexibility index (Phi) is 10.0. The summed E-state index contributed by atoms with van der Waals surface area (Å²) < 4.78 is 11.9. The van der Waals surface area contributed by atoms with Crippen molar-refractivity contribution in [1.82, 2.24) is 19.5 Å². The molecule has 10 heteroatoms. The molecule has 0 unspecified atom stereocenters. The minimum Gasteiger partial charge on any atom is -0.465 e. The molecule has 3 aromatic rings. The van der Waals surface area contributed by atoms with Crippen LogP contribution in [0.3, 0.4) is 0 Å². The van der Waals surface area contributed by atoms with Crippen LogP contribution in [0, 0.1) is 5.41 Å². The van der Waals surface area contributed by atoms with Crippen LogP contribution < -0.4 is 15.7 Å². The van der Waals surface area contributed by atoms with E-state index in [1.165, 1.54) is 11.7 Å². The van der Waals surface area contributed by atoms with Gasteiger partial charge in [0.05, 0.1) is 25.8 Å². The number of anilines is 1. The monoisotopic (exact) mass is 525 g/mol. The minimum absolute atomic E-state index is 0.0974. The number of aromatic nitrogens is 4. The molecule has 0 radical (unpaired) electrons. The summed E-state index contributed by atoms with van der Waals surface area (Å²) in [6.45, 7) is 9.31. The molecular weight excluding hydrogens is 486 g/mol. The predicted molar refractivity (Wildman–Crippen MR) is 147 cm³/mol. The Bertz CT molecular complexity index is 1290. The van der Waals surface area contributed by atoms with Gasteiger partial charge in [0, 0.05) is 6.42 Å². The summed E-state index contributed by atoms with van der Waals surface area (Å²) in [7, 11) is 1.32. The predicted octanol–water partition coefficient (Wildman–Crippen LogP) is 5.07. The van der Waals surface area contributed by atoms with E-state index < -0.39 is 11.7 Å². The normalized spacial score (nSPS) is 11.5. The van der Waals surface area contributed by atoms with Crippen molar-refractivity contribution < 1.29 is 19.1 Å². The second-order valence-corrected chi connectivity index (χ2v) is 10.6. The number of methoxy groups -OCH3 is 1. The fraction of sp³-hybridized carbons (Fsp3) is 0.536. The Balaban J connectivity index is 1.82. The molecule has 3 rings (SSSR count). The number of nitrogens with zero attached hydrogens (tertiary/aromatic N) is 3. The molecule has 0 aliphatic heterocycles. The van der Waals surface area contributed by atoms with Gasteiger partial charge in [0.15, 0.2) is 11.5 Å². The Morgan fingerprint density at radius 1 is 1.05 bits per heavy atom. The zero-order chi connectivity index (χ0) is 27.7. The Hall–Kier alpha value is -3.69. The number of nitrogens with one attached hydrogen (secondary N) is 2. The number of hydrogen-bond donors (Lipinski definition) is 2. The number of H-pyrrole nitrogens is 1. The average Bonchev–Trinajstić information content (AvgIpc) is 3.18. The van der Waals surface area contributed by atoms with Crippen LogP contribution in [0.1, 0.15) is 88.6 Å². The van der Waals surface area contributed by atoms with Gasteiger partial charge >= 0.3 is 17.7 Å². The first-order valence-electron chi connectivity index (χ1n) is 13.2. The van der Waals surface area contributed by atoms with E-state index >= 15 is 0 Å². The number of unbranched alkanes of at least 4 members (excludes halogenated alkanes) is 3. The van der Waals surface area contributed by atoms with Crippen LogP contribution in [0.4, 0.5) is 5.82 Å². The molecule has 0 saturated carbocycles. The van der Waals surface area contributed by atoms with E-state index in [2.05, 4.69) is 48.0 Å². The molecule has 206 valence electrons. The number of esters is 1. The van der Waals surface area contributed by atoms with Crippen molar-refractivity contribution in [1.29, 1.82) is 0 Å². The van der Waals surface area contributed by atoms with Crippen molar-refractivity contribution in [2.75, 3.05) is 19.0 Å². The number of benzene rings is 1. The van der Waals surface area contributed by atoms with Crippen molar-refractivity contribution in [3.63, 3.8) is 0 Å². The fourth-order valence-corrected chi connectivity index (χ4v) is 3.98. The molecule has 0 bridgehead atoms. The van der Waals surface area contributed by atoms with Crippen LogP contribution >= 0.6 is 0 Å². The highest BCUT2D eigenvalue weighted by atomic mass is 16.5. The molecule has 0 spiro atoms. The molecule has 0 aliphatic carbocycles. The quantitative estimate of drug-likeness (QED) is 0.235. The van der Waals surface area contributed by atoms with Gasteiger partial charge in [-0.1, -0.05) is 59.1 Å². The van der Waals surface area contributed by atoms with Crippen molar-refractivity contribution >= 4 is 28.9 Å². The summed E-state index contributed by atoms with van der Waals surface area (Å²) in [5, 5.41) is 2.85. The summed E-state index contributed by atoms with van der Waals surface area (Å²) in [6, 6.07) is 6.88. The second kappa shape index (κ2) is 13.2. The number of hydrogen-bond acceptors (Lipinski definition) is 7. The number of imidazole rings is 1. The van der Waals surface area contributed by atoms with E-state index in [-0.39, 0.29) is 29.7 Å². The Morgan fingerprint density at radius 2 is 1.79 bits per heavy atom. The van der Waals surface area contributed by atoms with Gasteiger partial charge < -0.3 is 19.8 Å². The van der Waals surface area contributed by atoms with Crippen molar-refractivity contribution in [3.8, 4) is 6.01 Å². The third-order valence-corrected chi connectivity index (χ3v) is 6.14. The Morgan fingerprint density at radius 3 is 2.45 bits per heavy atom.